The number of halogens is 1. The summed E-state index contributed by atoms with van der Waals surface area (Å²) in [4.78, 5) is 18.7. The smallest absolute Gasteiger partial charge is 0.254 e. The van der Waals surface area contributed by atoms with Crippen molar-refractivity contribution in [3.8, 4) is 5.75 Å². The molecule has 2 aromatic rings. The predicted octanol–water partition coefficient (Wildman–Crippen LogP) is 3.21. The first-order chi connectivity index (χ1) is 9.56. The maximum Gasteiger partial charge on any atom is 0.254 e. The molecule has 1 aromatic heterocycles. The van der Waals surface area contributed by atoms with E-state index in [1.54, 1.807) is 19.1 Å². The number of hydrogen-bond donors (Lipinski definition) is 1. The Morgan fingerprint density at radius 3 is 2.65 bits per heavy atom. The molecule has 1 aromatic carbocycles. The Morgan fingerprint density at radius 2 is 2.00 bits per heavy atom. The molecule has 0 unspecified atom stereocenters. The van der Waals surface area contributed by atoms with Crippen molar-refractivity contribution in [1.29, 1.82) is 0 Å². The Bertz CT molecular complexity index is 641. The summed E-state index contributed by atoms with van der Waals surface area (Å²) >= 11 is 7.26. The lowest BCUT2D eigenvalue weighted by atomic mass is 10.3. The van der Waals surface area contributed by atoms with E-state index in [4.69, 9.17) is 16.3 Å². The quantitative estimate of drug-likeness (QED) is 0.523. The van der Waals surface area contributed by atoms with Crippen LogP contribution in [0.1, 0.15) is 11.3 Å². The second-order valence-corrected chi connectivity index (χ2v) is 5.75. The van der Waals surface area contributed by atoms with Crippen LogP contribution in [-0.4, -0.2) is 22.3 Å². The van der Waals surface area contributed by atoms with E-state index in [2.05, 4.69) is 9.97 Å². The second-order valence-electron chi connectivity index (χ2n) is 4.23. The Morgan fingerprint density at radius 1 is 1.30 bits per heavy atom. The Kier molecular flexibility index (Phi) is 5.09. The van der Waals surface area contributed by atoms with Crippen LogP contribution in [0.25, 0.3) is 0 Å². The molecule has 0 spiro atoms. The summed E-state index contributed by atoms with van der Waals surface area (Å²) in [5.41, 5.74) is 1.33. The fraction of sp³-hybridized carbons (Fsp3) is 0.286. The molecule has 0 aliphatic carbocycles. The minimum Gasteiger partial charge on any atom is -0.493 e. The number of thioether (sulfide) groups is 1. The van der Waals surface area contributed by atoms with Crippen LogP contribution in [0.2, 0.25) is 5.02 Å². The summed E-state index contributed by atoms with van der Waals surface area (Å²) in [6.07, 6.45) is 0. The summed E-state index contributed by atoms with van der Waals surface area (Å²) < 4.78 is 5.57. The van der Waals surface area contributed by atoms with Crippen LogP contribution in [-0.2, 0) is 0 Å². The minimum atomic E-state index is -0.0846. The molecule has 0 amide bonds. The molecular weight excluding hydrogens is 296 g/mol. The number of aromatic amines is 1. The van der Waals surface area contributed by atoms with E-state index in [9.17, 15) is 4.79 Å². The standard InChI is InChI=1S/C14H15ClN2O2S/c1-9-10(2)16-14(17-13(9)18)20-8-7-19-12-5-3-11(15)4-6-12/h3-6H,7-8H2,1-2H3,(H,16,17,18). The van der Waals surface area contributed by atoms with Crippen LogP contribution in [0.15, 0.2) is 34.2 Å². The van der Waals surface area contributed by atoms with Crippen LogP contribution in [0.4, 0.5) is 0 Å². The maximum atomic E-state index is 11.6. The zero-order valence-electron chi connectivity index (χ0n) is 11.3. The van der Waals surface area contributed by atoms with Crippen molar-refractivity contribution < 1.29 is 4.74 Å². The molecule has 0 saturated carbocycles. The van der Waals surface area contributed by atoms with Gasteiger partial charge in [0.25, 0.3) is 5.56 Å². The SMILES string of the molecule is Cc1nc(SCCOc2ccc(Cl)cc2)[nH]c(=O)c1C. The normalized spacial score (nSPS) is 10.6. The van der Waals surface area contributed by atoms with Crippen LogP contribution in [0.5, 0.6) is 5.75 Å². The summed E-state index contributed by atoms with van der Waals surface area (Å²) in [6.45, 7) is 4.13. The third kappa shape index (κ3) is 4.02. The first-order valence-corrected chi connectivity index (χ1v) is 7.51. The highest BCUT2D eigenvalue weighted by atomic mass is 35.5. The molecule has 106 valence electrons. The first kappa shape index (κ1) is 14.9. The number of hydrogen-bond acceptors (Lipinski definition) is 4. The van der Waals surface area contributed by atoms with E-state index >= 15 is 0 Å². The summed E-state index contributed by atoms with van der Waals surface area (Å²) in [7, 11) is 0. The molecule has 2 rings (SSSR count). The lowest BCUT2D eigenvalue weighted by molar-refractivity contribution is 0.344. The largest absolute Gasteiger partial charge is 0.493 e. The van der Waals surface area contributed by atoms with E-state index in [0.717, 1.165) is 11.4 Å². The second kappa shape index (κ2) is 6.81. The number of nitrogens with one attached hydrogen (secondary N) is 1. The molecule has 6 heteroatoms. The van der Waals surface area contributed by atoms with Crippen LogP contribution < -0.4 is 10.3 Å². The third-order valence-corrected chi connectivity index (χ3v) is 3.87. The van der Waals surface area contributed by atoms with Gasteiger partial charge in [-0.3, -0.25) is 4.79 Å². The van der Waals surface area contributed by atoms with Crippen molar-refractivity contribution in [3.63, 3.8) is 0 Å². The van der Waals surface area contributed by atoms with E-state index in [1.165, 1.54) is 11.8 Å². The molecule has 0 bridgehead atoms. The third-order valence-electron chi connectivity index (χ3n) is 2.78. The molecule has 0 radical (unpaired) electrons. The number of benzene rings is 1. The lowest BCUT2D eigenvalue weighted by Crippen LogP contribution is -2.14. The maximum absolute atomic E-state index is 11.6. The highest BCUT2D eigenvalue weighted by Gasteiger charge is 2.04. The molecule has 1 heterocycles. The number of aromatic nitrogens is 2. The van der Waals surface area contributed by atoms with Gasteiger partial charge in [-0.2, -0.15) is 0 Å². The van der Waals surface area contributed by atoms with Gasteiger partial charge < -0.3 is 9.72 Å². The highest BCUT2D eigenvalue weighted by Crippen LogP contribution is 2.17. The highest BCUT2D eigenvalue weighted by molar-refractivity contribution is 7.99. The van der Waals surface area contributed by atoms with Crippen molar-refractivity contribution in [1.82, 2.24) is 9.97 Å². The number of nitrogens with zero attached hydrogens (tertiary/aromatic N) is 1. The molecule has 0 fully saturated rings. The van der Waals surface area contributed by atoms with E-state index in [0.29, 0.717) is 28.1 Å². The zero-order valence-corrected chi connectivity index (χ0v) is 12.8. The average Bonchev–Trinajstić information content (AvgIpc) is 2.43. The molecule has 0 atom stereocenters. The fourth-order valence-electron chi connectivity index (χ4n) is 1.52. The zero-order chi connectivity index (χ0) is 14.5. The first-order valence-electron chi connectivity index (χ1n) is 6.15. The number of aryl methyl sites for hydroxylation is 1. The van der Waals surface area contributed by atoms with Gasteiger partial charge >= 0.3 is 0 Å². The fourth-order valence-corrected chi connectivity index (χ4v) is 2.37. The summed E-state index contributed by atoms with van der Waals surface area (Å²) in [5, 5.41) is 1.31. The van der Waals surface area contributed by atoms with Crippen molar-refractivity contribution in [2.45, 2.75) is 19.0 Å². The van der Waals surface area contributed by atoms with Gasteiger partial charge in [0.2, 0.25) is 0 Å². The van der Waals surface area contributed by atoms with Gasteiger partial charge in [-0.25, -0.2) is 4.98 Å². The van der Waals surface area contributed by atoms with Gasteiger partial charge in [-0.15, -0.1) is 0 Å². The molecule has 0 aliphatic heterocycles. The Labute approximate surface area is 126 Å². The van der Waals surface area contributed by atoms with Crippen molar-refractivity contribution in [2.24, 2.45) is 0 Å². The summed E-state index contributed by atoms with van der Waals surface area (Å²) in [5.74, 6) is 1.48. The predicted molar refractivity (Wildman–Crippen MR) is 82.0 cm³/mol. The minimum absolute atomic E-state index is 0.0846. The van der Waals surface area contributed by atoms with Crippen molar-refractivity contribution in [2.75, 3.05) is 12.4 Å². The molecule has 0 saturated heterocycles. The average molecular weight is 311 g/mol. The molecular formula is C14H15ClN2O2S. The Hall–Kier alpha value is -1.46. The van der Waals surface area contributed by atoms with Gasteiger partial charge in [0.1, 0.15) is 5.75 Å². The lowest BCUT2D eigenvalue weighted by Gasteiger charge is -2.06. The van der Waals surface area contributed by atoms with E-state index in [1.807, 2.05) is 19.1 Å². The van der Waals surface area contributed by atoms with E-state index < -0.39 is 0 Å². The van der Waals surface area contributed by atoms with Crippen LogP contribution >= 0.6 is 23.4 Å². The number of ether oxygens (including phenoxy) is 1. The van der Waals surface area contributed by atoms with Crippen molar-refractivity contribution in [3.05, 3.63) is 50.9 Å². The van der Waals surface area contributed by atoms with E-state index in [-0.39, 0.29) is 5.56 Å². The number of rotatable bonds is 5. The Balaban J connectivity index is 1.84. The van der Waals surface area contributed by atoms with Gasteiger partial charge in [0, 0.05) is 22.0 Å². The molecule has 0 aliphatic rings. The summed E-state index contributed by atoms with van der Waals surface area (Å²) in [6, 6.07) is 7.21. The molecule has 1 N–H and O–H groups in total. The topological polar surface area (TPSA) is 55.0 Å². The van der Waals surface area contributed by atoms with Gasteiger partial charge in [0.05, 0.1) is 6.61 Å². The van der Waals surface area contributed by atoms with Crippen LogP contribution in [0, 0.1) is 13.8 Å². The van der Waals surface area contributed by atoms with Gasteiger partial charge in [-0.1, -0.05) is 23.4 Å². The van der Waals surface area contributed by atoms with Crippen LogP contribution in [0.3, 0.4) is 0 Å². The molecule has 20 heavy (non-hydrogen) atoms. The molecule has 4 nitrogen and oxygen atoms in total. The van der Waals surface area contributed by atoms with Gasteiger partial charge in [0.15, 0.2) is 5.16 Å². The number of H-pyrrole nitrogens is 1. The van der Waals surface area contributed by atoms with Gasteiger partial charge in [-0.05, 0) is 38.1 Å². The monoisotopic (exact) mass is 310 g/mol. The van der Waals surface area contributed by atoms with Crippen molar-refractivity contribution >= 4 is 23.4 Å².